The first-order valence-corrected chi connectivity index (χ1v) is 5.10. The Morgan fingerprint density at radius 3 is 2.70 bits per heavy atom. The molecule has 0 aromatic rings. The zero-order valence-electron chi connectivity index (χ0n) is 5.88. The topological polar surface area (TPSA) is 49.3 Å². The van der Waals surface area contributed by atoms with Gasteiger partial charge in [0, 0.05) is 6.54 Å². The molecule has 1 aliphatic carbocycles. The van der Waals surface area contributed by atoms with Gasteiger partial charge in [0.15, 0.2) is 0 Å². The van der Waals surface area contributed by atoms with Crippen LogP contribution >= 0.6 is 0 Å². The predicted molar refractivity (Wildman–Crippen MR) is 43.2 cm³/mol. The number of hydrogen-bond donors (Lipinski definition) is 2. The molecule has 0 heterocycles. The molecule has 1 aliphatic rings. The summed E-state index contributed by atoms with van der Waals surface area (Å²) in [4.78, 5) is 0. The van der Waals surface area contributed by atoms with Crippen LogP contribution in [0.15, 0.2) is 0 Å². The minimum absolute atomic E-state index is 0.615. The number of hydrogen-bond acceptors (Lipinski definition) is 1. The van der Waals surface area contributed by atoms with E-state index in [1.807, 2.05) is 0 Å². The Morgan fingerprint density at radius 1 is 1.70 bits per heavy atom. The minimum atomic E-state index is -2.94. The molecule has 1 rings (SSSR count). The van der Waals surface area contributed by atoms with Crippen molar-refractivity contribution in [2.24, 2.45) is 5.92 Å². The Labute approximate surface area is 61.8 Å². The molecule has 0 bridgehead atoms. The van der Waals surface area contributed by atoms with Gasteiger partial charge in [0.2, 0.25) is 0 Å². The summed E-state index contributed by atoms with van der Waals surface area (Å²) in [6, 6.07) is 0. The van der Waals surface area contributed by atoms with Crippen LogP contribution in [0.4, 0.5) is 0 Å². The average molecular weight is 163 g/mol. The molecule has 0 amide bonds. The van der Waals surface area contributed by atoms with E-state index in [2.05, 4.69) is 10.6 Å². The van der Waals surface area contributed by atoms with Crippen LogP contribution in [-0.4, -0.2) is 21.2 Å². The molecule has 1 atom stereocenters. The van der Waals surface area contributed by atoms with Crippen molar-refractivity contribution in [2.45, 2.75) is 19.3 Å². The van der Waals surface area contributed by atoms with Crippen LogP contribution in [0.1, 0.15) is 19.3 Å². The van der Waals surface area contributed by atoms with Gasteiger partial charge >= 0.3 is 0 Å². The summed E-state index contributed by atoms with van der Waals surface area (Å²) in [5.74, 6) is 3.86. The third kappa shape index (κ3) is 3.87. The smallest absolute Gasteiger partial charge is 0.138 e. The van der Waals surface area contributed by atoms with Crippen LogP contribution in [0.25, 0.3) is 0 Å². The van der Waals surface area contributed by atoms with Gasteiger partial charge in [-0.2, -0.15) is 0 Å². The van der Waals surface area contributed by atoms with E-state index in [1.54, 1.807) is 0 Å². The molecule has 2 N–H and O–H groups in total. The minimum Gasteiger partial charge on any atom is -0.303 e. The van der Waals surface area contributed by atoms with Crippen LogP contribution in [-0.2, 0) is 9.99 Å². The van der Waals surface area contributed by atoms with Gasteiger partial charge in [-0.3, -0.25) is 0 Å². The lowest BCUT2D eigenvalue weighted by Crippen LogP contribution is -2.23. The highest BCUT2D eigenvalue weighted by Crippen LogP contribution is 2.31. The van der Waals surface area contributed by atoms with E-state index in [0.29, 0.717) is 6.54 Å². The van der Waals surface area contributed by atoms with E-state index in [9.17, 15) is 4.21 Å². The fourth-order valence-electron chi connectivity index (χ4n) is 0.829. The Balaban J connectivity index is 2.04. The summed E-state index contributed by atoms with van der Waals surface area (Å²) in [7, 11) is -2.94. The van der Waals surface area contributed by atoms with E-state index in [-0.39, 0.29) is 0 Å². The zero-order valence-corrected chi connectivity index (χ0v) is 6.69. The summed E-state index contributed by atoms with van der Waals surface area (Å²) in [6.45, 7) is 0.615. The molecule has 0 aliphatic heterocycles. The van der Waals surface area contributed by atoms with Gasteiger partial charge in [0.1, 0.15) is 9.99 Å². The molecule has 0 radical (unpaired) electrons. The van der Waals surface area contributed by atoms with Crippen LogP contribution in [0.5, 0.6) is 0 Å². The standard InChI is InChI=1S/C6H13NO2S/c1-10(8,9)7-5-4-6-2-3-6/h6H,1-5H2,(H2,7,8,9). The molecule has 1 unspecified atom stereocenters. The molecule has 1 fully saturated rings. The van der Waals surface area contributed by atoms with Crippen molar-refractivity contribution >= 4 is 15.9 Å². The maximum atomic E-state index is 10.5. The molecule has 10 heavy (non-hydrogen) atoms. The second-order valence-electron chi connectivity index (χ2n) is 2.77. The third-order valence-electron chi connectivity index (χ3n) is 1.58. The summed E-state index contributed by atoms with van der Waals surface area (Å²) in [6.07, 6.45) is 3.57. The number of rotatable bonds is 4. The molecular weight excluding hydrogens is 150 g/mol. The van der Waals surface area contributed by atoms with Crippen molar-refractivity contribution < 1.29 is 8.76 Å². The monoisotopic (exact) mass is 163 g/mol. The normalized spacial score (nSPS) is 24.1. The van der Waals surface area contributed by atoms with Gasteiger partial charge < -0.3 is 4.55 Å². The number of nitrogens with one attached hydrogen (secondary N) is 1. The van der Waals surface area contributed by atoms with Gasteiger partial charge in [0.25, 0.3) is 0 Å². The second-order valence-corrected chi connectivity index (χ2v) is 4.34. The van der Waals surface area contributed by atoms with Gasteiger partial charge in [-0.1, -0.05) is 12.8 Å². The Morgan fingerprint density at radius 2 is 2.30 bits per heavy atom. The summed E-state index contributed by atoms with van der Waals surface area (Å²) in [5, 5.41) is 0. The van der Waals surface area contributed by atoms with Crippen molar-refractivity contribution in [3.05, 3.63) is 0 Å². The third-order valence-corrected chi connectivity index (χ3v) is 2.23. The maximum absolute atomic E-state index is 10.5. The first-order valence-electron chi connectivity index (χ1n) is 3.42. The fourth-order valence-corrected chi connectivity index (χ4v) is 1.27. The average Bonchev–Trinajstić information content (AvgIpc) is 2.45. The van der Waals surface area contributed by atoms with Gasteiger partial charge in [-0.25, -0.2) is 8.93 Å². The molecule has 0 aromatic carbocycles. The van der Waals surface area contributed by atoms with Crippen molar-refractivity contribution in [3.8, 4) is 0 Å². The van der Waals surface area contributed by atoms with Crippen molar-refractivity contribution in [1.29, 1.82) is 0 Å². The SMILES string of the molecule is C=S(=O)(O)NCCC1CC1. The molecule has 0 saturated heterocycles. The van der Waals surface area contributed by atoms with Gasteiger partial charge in [0.05, 0.1) is 0 Å². The quantitative estimate of drug-likeness (QED) is 0.592. The Kier molecular flexibility index (Phi) is 2.33. The zero-order chi connectivity index (χ0) is 7.61. The van der Waals surface area contributed by atoms with E-state index in [0.717, 1.165) is 12.3 Å². The summed E-state index contributed by atoms with van der Waals surface area (Å²) >= 11 is 0. The molecule has 60 valence electrons. The lowest BCUT2D eigenvalue weighted by Gasteiger charge is -2.02. The molecular formula is C6H13NO2S. The van der Waals surface area contributed by atoms with Crippen LogP contribution in [0.3, 0.4) is 0 Å². The molecule has 3 nitrogen and oxygen atoms in total. The maximum Gasteiger partial charge on any atom is 0.138 e. The molecule has 0 aromatic heterocycles. The fraction of sp³-hybridized carbons (Fsp3) is 0.833. The highest BCUT2D eigenvalue weighted by Gasteiger charge is 2.20. The highest BCUT2D eigenvalue weighted by atomic mass is 32.2. The largest absolute Gasteiger partial charge is 0.303 e. The summed E-state index contributed by atoms with van der Waals surface area (Å²) in [5.41, 5.74) is 0. The van der Waals surface area contributed by atoms with E-state index >= 15 is 0 Å². The predicted octanol–water partition coefficient (Wildman–Crippen LogP) is 0.480. The van der Waals surface area contributed by atoms with Crippen LogP contribution < -0.4 is 4.72 Å². The summed E-state index contributed by atoms with van der Waals surface area (Å²) < 4.78 is 21.6. The lowest BCUT2D eigenvalue weighted by atomic mass is 10.3. The Hall–Kier alpha value is -0.0600. The van der Waals surface area contributed by atoms with Crippen LogP contribution in [0, 0.1) is 5.92 Å². The van der Waals surface area contributed by atoms with Gasteiger partial charge in [-0.15, -0.1) is 0 Å². The van der Waals surface area contributed by atoms with E-state index in [4.69, 9.17) is 4.55 Å². The first kappa shape index (κ1) is 8.04. The van der Waals surface area contributed by atoms with E-state index < -0.39 is 9.99 Å². The van der Waals surface area contributed by atoms with Crippen molar-refractivity contribution in [1.82, 2.24) is 4.72 Å². The second kappa shape index (κ2) is 2.90. The lowest BCUT2D eigenvalue weighted by molar-refractivity contribution is 0.540. The Bertz CT molecular complexity index is 194. The van der Waals surface area contributed by atoms with E-state index in [1.165, 1.54) is 12.8 Å². The van der Waals surface area contributed by atoms with Crippen molar-refractivity contribution in [2.75, 3.05) is 6.54 Å². The molecule has 4 heteroatoms. The van der Waals surface area contributed by atoms with Crippen molar-refractivity contribution in [3.63, 3.8) is 0 Å². The molecule has 0 spiro atoms. The molecule has 1 saturated carbocycles. The first-order chi connectivity index (χ1) is 4.58. The van der Waals surface area contributed by atoms with Crippen LogP contribution in [0.2, 0.25) is 0 Å². The van der Waals surface area contributed by atoms with Gasteiger partial charge in [-0.05, 0) is 18.2 Å². The highest BCUT2D eigenvalue weighted by molar-refractivity contribution is 7.93.